The van der Waals surface area contributed by atoms with Crippen molar-refractivity contribution in [3.05, 3.63) is 5.56 Å². The van der Waals surface area contributed by atoms with Crippen molar-refractivity contribution in [2.45, 2.75) is 39.2 Å². The first kappa shape index (κ1) is 14.1. The fourth-order valence-electron chi connectivity index (χ4n) is 3.00. The molecule has 1 aromatic rings. The maximum atomic E-state index is 11.8. The second-order valence-electron chi connectivity index (χ2n) is 5.61. The molecule has 0 saturated heterocycles. The quantitative estimate of drug-likeness (QED) is 0.795. The molecule has 0 radical (unpaired) electrons. The molecule has 1 amide bonds. The van der Waals surface area contributed by atoms with Gasteiger partial charge in [0.05, 0.1) is 0 Å². The van der Waals surface area contributed by atoms with Crippen molar-refractivity contribution in [2.24, 2.45) is 11.8 Å². The molecule has 1 saturated carbocycles. The van der Waals surface area contributed by atoms with Crippen molar-refractivity contribution in [3.8, 4) is 0 Å². The van der Waals surface area contributed by atoms with Gasteiger partial charge in [0.15, 0.2) is 5.82 Å². The van der Waals surface area contributed by atoms with E-state index in [0.717, 1.165) is 29.7 Å². The topological polar surface area (TPSA) is 80.0 Å². The number of hydrogen-bond donors (Lipinski definition) is 3. The summed E-state index contributed by atoms with van der Waals surface area (Å²) >= 11 is 1.27. The lowest BCUT2D eigenvalue weighted by Crippen LogP contribution is -2.31. The van der Waals surface area contributed by atoms with Gasteiger partial charge in [-0.25, -0.2) is 0 Å². The van der Waals surface area contributed by atoms with Crippen LogP contribution in [-0.2, 0) is 0 Å². The van der Waals surface area contributed by atoms with Crippen molar-refractivity contribution in [3.63, 3.8) is 0 Å². The van der Waals surface area contributed by atoms with Gasteiger partial charge in [-0.05, 0) is 42.6 Å². The van der Waals surface area contributed by atoms with Crippen molar-refractivity contribution < 1.29 is 4.79 Å². The lowest BCUT2D eigenvalue weighted by Gasteiger charge is -2.32. The highest BCUT2D eigenvalue weighted by Gasteiger charge is 2.26. The molecule has 1 aromatic heterocycles. The third-order valence-corrected chi connectivity index (χ3v) is 4.48. The van der Waals surface area contributed by atoms with Crippen LogP contribution in [0.15, 0.2) is 0 Å². The Morgan fingerprint density at radius 3 is 2.53 bits per heavy atom. The van der Waals surface area contributed by atoms with Crippen LogP contribution in [0.3, 0.4) is 0 Å². The van der Waals surface area contributed by atoms with Gasteiger partial charge in [-0.15, -0.1) is 0 Å². The molecule has 1 aliphatic carbocycles. The highest BCUT2D eigenvalue weighted by molar-refractivity contribution is 7.11. The molecule has 4 N–H and O–H groups in total. The van der Waals surface area contributed by atoms with E-state index in [4.69, 9.17) is 5.73 Å². The lowest BCUT2D eigenvalue weighted by molar-refractivity contribution is 0.0965. The maximum absolute atomic E-state index is 11.8. The number of amides is 1. The van der Waals surface area contributed by atoms with Crippen LogP contribution in [0.4, 0.5) is 10.8 Å². The molecule has 6 heteroatoms. The molecule has 106 valence electrons. The molecule has 1 fully saturated rings. The van der Waals surface area contributed by atoms with Crippen molar-refractivity contribution in [1.29, 1.82) is 0 Å². The van der Waals surface area contributed by atoms with Crippen LogP contribution in [0.5, 0.6) is 0 Å². The number of hydrogen-bond acceptors (Lipinski definition) is 5. The molecule has 0 aromatic carbocycles. The summed E-state index contributed by atoms with van der Waals surface area (Å²) in [5.74, 6) is 1.57. The number of anilines is 2. The Balaban J connectivity index is 2.13. The first-order valence-corrected chi connectivity index (χ1v) is 7.52. The largest absolute Gasteiger partial charge is 0.382 e. The summed E-state index contributed by atoms with van der Waals surface area (Å²) in [7, 11) is 1.61. The van der Waals surface area contributed by atoms with Gasteiger partial charge in [0.25, 0.3) is 5.91 Å². The molecule has 0 aliphatic heterocycles. The number of carbonyl (C=O) groups excluding carboxylic acids is 1. The molecule has 0 spiro atoms. The number of nitrogen functional groups attached to an aromatic ring is 1. The SMILES string of the molecule is CNC(=O)c1c(N)nsc1NC1CC(C)CC(C)C1. The van der Waals surface area contributed by atoms with Crippen LogP contribution in [-0.4, -0.2) is 23.4 Å². The van der Waals surface area contributed by atoms with Crippen molar-refractivity contribution >= 4 is 28.3 Å². The molecule has 5 nitrogen and oxygen atoms in total. The summed E-state index contributed by atoms with van der Waals surface area (Å²) < 4.78 is 4.09. The third-order valence-electron chi connectivity index (χ3n) is 3.69. The first-order valence-electron chi connectivity index (χ1n) is 6.75. The number of aromatic nitrogens is 1. The number of nitrogens with two attached hydrogens (primary N) is 1. The summed E-state index contributed by atoms with van der Waals surface area (Å²) in [4.78, 5) is 11.8. The van der Waals surface area contributed by atoms with Crippen LogP contribution in [0, 0.1) is 11.8 Å². The van der Waals surface area contributed by atoms with E-state index in [-0.39, 0.29) is 5.91 Å². The van der Waals surface area contributed by atoms with Gasteiger partial charge < -0.3 is 16.4 Å². The zero-order valence-corrected chi connectivity index (χ0v) is 12.5. The van der Waals surface area contributed by atoms with Gasteiger partial charge in [0, 0.05) is 13.1 Å². The smallest absolute Gasteiger partial charge is 0.257 e. The first-order chi connectivity index (χ1) is 9.01. The Morgan fingerprint density at radius 2 is 1.95 bits per heavy atom. The molecule has 2 rings (SSSR count). The number of nitrogens with one attached hydrogen (secondary N) is 2. The lowest BCUT2D eigenvalue weighted by atomic mass is 9.80. The summed E-state index contributed by atoms with van der Waals surface area (Å²) in [5.41, 5.74) is 6.26. The molecular formula is C13H22N4OS. The van der Waals surface area contributed by atoms with Gasteiger partial charge in [0.1, 0.15) is 10.6 Å². The number of nitrogens with zero attached hydrogens (tertiary/aromatic N) is 1. The normalized spacial score (nSPS) is 27.0. The van der Waals surface area contributed by atoms with E-state index in [0.29, 0.717) is 17.4 Å². The standard InChI is InChI=1S/C13H22N4OS/c1-7-4-8(2)6-9(5-7)16-13-10(12(18)15-3)11(14)17-19-13/h7-9,16H,4-6H2,1-3H3,(H2,14,17)(H,15,18). The molecule has 2 unspecified atom stereocenters. The van der Waals surface area contributed by atoms with E-state index in [1.165, 1.54) is 18.0 Å². The second-order valence-corrected chi connectivity index (χ2v) is 6.38. The third kappa shape index (κ3) is 3.18. The Kier molecular flexibility index (Phi) is 4.29. The highest BCUT2D eigenvalue weighted by Crippen LogP contribution is 2.33. The molecule has 2 atom stereocenters. The van der Waals surface area contributed by atoms with E-state index in [1.54, 1.807) is 7.05 Å². The zero-order valence-electron chi connectivity index (χ0n) is 11.7. The predicted octanol–water partition coefficient (Wildman–Crippen LogP) is 2.32. The van der Waals surface area contributed by atoms with E-state index in [9.17, 15) is 4.79 Å². The summed E-state index contributed by atoms with van der Waals surface area (Å²) in [5, 5.41) is 6.87. The van der Waals surface area contributed by atoms with Crippen LogP contribution in [0.25, 0.3) is 0 Å². The Bertz CT molecular complexity index is 449. The molecule has 1 heterocycles. The maximum Gasteiger partial charge on any atom is 0.257 e. The van der Waals surface area contributed by atoms with Crippen LogP contribution >= 0.6 is 11.5 Å². The number of carbonyl (C=O) groups is 1. The summed E-state index contributed by atoms with van der Waals surface area (Å²) in [6.07, 6.45) is 3.55. The van der Waals surface area contributed by atoms with E-state index < -0.39 is 0 Å². The highest BCUT2D eigenvalue weighted by atomic mass is 32.1. The molecular weight excluding hydrogens is 260 g/mol. The summed E-state index contributed by atoms with van der Waals surface area (Å²) in [6, 6.07) is 0.405. The molecule has 1 aliphatic rings. The van der Waals surface area contributed by atoms with E-state index in [1.807, 2.05) is 0 Å². The fourth-order valence-corrected chi connectivity index (χ4v) is 3.78. The van der Waals surface area contributed by atoms with Crippen LogP contribution < -0.4 is 16.4 Å². The van der Waals surface area contributed by atoms with E-state index in [2.05, 4.69) is 28.9 Å². The summed E-state index contributed by atoms with van der Waals surface area (Å²) in [6.45, 7) is 4.57. The fraction of sp³-hybridized carbons (Fsp3) is 0.692. The van der Waals surface area contributed by atoms with Gasteiger partial charge >= 0.3 is 0 Å². The Labute approximate surface area is 118 Å². The average Bonchev–Trinajstić information content (AvgIpc) is 2.68. The second kappa shape index (κ2) is 5.77. The Hall–Kier alpha value is -1.30. The van der Waals surface area contributed by atoms with Gasteiger partial charge in [-0.3, -0.25) is 4.79 Å². The van der Waals surface area contributed by atoms with Crippen molar-refractivity contribution in [2.75, 3.05) is 18.1 Å². The van der Waals surface area contributed by atoms with Gasteiger partial charge in [0.2, 0.25) is 0 Å². The Morgan fingerprint density at radius 1 is 1.32 bits per heavy atom. The van der Waals surface area contributed by atoms with Crippen molar-refractivity contribution in [1.82, 2.24) is 9.69 Å². The number of rotatable bonds is 3. The molecule has 0 bridgehead atoms. The van der Waals surface area contributed by atoms with Crippen LogP contribution in [0.2, 0.25) is 0 Å². The van der Waals surface area contributed by atoms with Gasteiger partial charge in [-0.1, -0.05) is 13.8 Å². The zero-order chi connectivity index (χ0) is 14.0. The predicted molar refractivity (Wildman–Crippen MR) is 79.5 cm³/mol. The monoisotopic (exact) mass is 282 g/mol. The molecule has 19 heavy (non-hydrogen) atoms. The van der Waals surface area contributed by atoms with Crippen LogP contribution in [0.1, 0.15) is 43.5 Å². The minimum Gasteiger partial charge on any atom is -0.382 e. The minimum absolute atomic E-state index is 0.175. The van der Waals surface area contributed by atoms with E-state index >= 15 is 0 Å². The average molecular weight is 282 g/mol. The minimum atomic E-state index is -0.175. The van der Waals surface area contributed by atoms with Gasteiger partial charge in [-0.2, -0.15) is 4.37 Å².